The average Bonchev–Trinajstić information content (AvgIpc) is 2.11. The molecule has 0 amide bonds. The molecule has 0 aromatic rings. The fourth-order valence-electron chi connectivity index (χ4n) is 1.53. The molecule has 90 valence electrons. The second kappa shape index (κ2) is 7.18. The van der Waals surface area contributed by atoms with Crippen LogP contribution in [-0.4, -0.2) is 27.7 Å². The van der Waals surface area contributed by atoms with E-state index in [2.05, 4.69) is 38.9 Å². The van der Waals surface area contributed by atoms with Gasteiger partial charge in [0, 0.05) is 19.4 Å². The molecule has 0 atom stereocenters. The summed E-state index contributed by atoms with van der Waals surface area (Å²) in [6.45, 7) is 12.1. The molecule has 0 unspecified atom stereocenters. The van der Waals surface area contributed by atoms with E-state index in [0.29, 0.717) is 0 Å². The monoisotopic (exact) mass is 229 g/mol. The van der Waals surface area contributed by atoms with Gasteiger partial charge in [-0.05, 0) is 44.8 Å². The standard InChI is InChI=1S/C12H27NOSi/c1-11(2)10-12(3)13-8-7-9-15(5,6)14-4/h11H,7-10H2,1-6H3. The van der Waals surface area contributed by atoms with Gasteiger partial charge in [-0.1, -0.05) is 13.8 Å². The predicted molar refractivity (Wildman–Crippen MR) is 71.3 cm³/mol. The number of aliphatic imine (C=N–C) groups is 1. The van der Waals surface area contributed by atoms with Gasteiger partial charge >= 0.3 is 0 Å². The van der Waals surface area contributed by atoms with E-state index in [-0.39, 0.29) is 0 Å². The normalized spacial score (nSPS) is 13.7. The SMILES string of the molecule is CO[Si](C)(C)CCCN=C(C)CC(C)C. The Balaban J connectivity index is 3.69. The van der Waals surface area contributed by atoms with Crippen molar-refractivity contribution in [2.75, 3.05) is 13.7 Å². The molecule has 0 aliphatic carbocycles. The van der Waals surface area contributed by atoms with Crippen LogP contribution in [0.1, 0.15) is 33.6 Å². The molecular weight excluding hydrogens is 202 g/mol. The van der Waals surface area contributed by atoms with Crippen molar-refractivity contribution in [3.8, 4) is 0 Å². The van der Waals surface area contributed by atoms with Gasteiger partial charge in [0.2, 0.25) is 0 Å². The second-order valence-electron chi connectivity index (χ2n) is 5.28. The zero-order valence-corrected chi connectivity index (χ0v) is 12.3. The number of rotatable bonds is 7. The van der Waals surface area contributed by atoms with Crippen molar-refractivity contribution in [1.29, 1.82) is 0 Å². The third-order valence-corrected chi connectivity index (χ3v) is 5.24. The lowest BCUT2D eigenvalue weighted by molar-refractivity contribution is 0.402. The Bertz CT molecular complexity index is 200. The molecule has 0 aliphatic rings. The number of hydrogen-bond donors (Lipinski definition) is 0. The van der Waals surface area contributed by atoms with Crippen LogP contribution in [0.3, 0.4) is 0 Å². The van der Waals surface area contributed by atoms with Crippen molar-refractivity contribution in [1.82, 2.24) is 0 Å². The fourth-order valence-corrected chi connectivity index (χ4v) is 2.75. The first-order valence-corrected chi connectivity index (χ1v) is 9.04. The predicted octanol–water partition coefficient (Wildman–Crippen LogP) is 3.74. The van der Waals surface area contributed by atoms with Crippen LogP contribution in [0.25, 0.3) is 0 Å². The smallest absolute Gasteiger partial charge is 0.186 e. The highest BCUT2D eigenvalue weighted by Gasteiger charge is 2.19. The quantitative estimate of drug-likeness (QED) is 0.370. The molecule has 0 aromatic carbocycles. The summed E-state index contributed by atoms with van der Waals surface area (Å²) in [6, 6.07) is 1.21. The van der Waals surface area contributed by atoms with Crippen LogP contribution in [0, 0.1) is 5.92 Å². The first kappa shape index (κ1) is 14.8. The highest BCUT2D eigenvalue weighted by Crippen LogP contribution is 2.12. The van der Waals surface area contributed by atoms with Gasteiger partial charge in [0.25, 0.3) is 0 Å². The summed E-state index contributed by atoms with van der Waals surface area (Å²) in [6.07, 6.45) is 2.30. The summed E-state index contributed by atoms with van der Waals surface area (Å²) in [5.74, 6) is 0.721. The molecule has 15 heavy (non-hydrogen) atoms. The molecule has 0 radical (unpaired) electrons. The van der Waals surface area contributed by atoms with E-state index in [0.717, 1.165) is 18.9 Å². The molecule has 0 bridgehead atoms. The number of nitrogens with zero attached hydrogens (tertiary/aromatic N) is 1. The van der Waals surface area contributed by atoms with Crippen molar-refractivity contribution >= 4 is 14.0 Å². The summed E-state index contributed by atoms with van der Waals surface area (Å²) >= 11 is 0. The largest absolute Gasteiger partial charge is 0.420 e. The second-order valence-corrected chi connectivity index (χ2v) is 9.71. The molecule has 0 heterocycles. The highest BCUT2D eigenvalue weighted by molar-refractivity contribution is 6.71. The fraction of sp³-hybridized carbons (Fsp3) is 0.917. The first-order valence-electron chi connectivity index (χ1n) is 5.92. The van der Waals surface area contributed by atoms with Crippen LogP contribution in [-0.2, 0) is 4.43 Å². The highest BCUT2D eigenvalue weighted by atomic mass is 28.4. The molecule has 0 saturated heterocycles. The summed E-state index contributed by atoms with van der Waals surface area (Å²) < 4.78 is 5.50. The minimum atomic E-state index is -1.35. The molecule has 0 N–H and O–H groups in total. The van der Waals surface area contributed by atoms with Gasteiger partial charge in [0.05, 0.1) is 0 Å². The van der Waals surface area contributed by atoms with Gasteiger partial charge in [0.15, 0.2) is 8.32 Å². The maximum atomic E-state index is 5.50. The summed E-state index contributed by atoms with van der Waals surface area (Å²) in [5, 5.41) is 0. The molecule has 0 spiro atoms. The van der Waals surface area contributed by atoms with E-state index < -0.39 is 8.32 Å². The van der Waals surface area contributed by atoms with Crippen molar-refractivity contribution in [3.63, 3.8) is 0 Å². The van der Waals surface area contributed by atoms with E-state index in [4.69, 9.17) is 4.43 Å². The van der Waals surface area contributed by atoms with Crippen molar-refractivity contribution < 1.29 is 4.43 Å². The van der Waals surface area contributed by atoms with Gasteiger partial charge in [0.1, 0.15) is 0 Å². The van der Waals surface area contributed by atoms with E-state index >= 15 is 0 Å². The Labute approximate surface area is 96.3 Å². The lowest BCUT2D eigenvalue weighted by Crippen LogP contribution is -2.28. The molecule has 0 aromatic heterocycles. The Morgan fingerprint density at radius 2 is 1.93 bits per heavy atom. The lowest BCUT2D eigenvalue weighted by atomic mass is 10.1. The Morgan fingerprint density at radius 3 is 2.40 bits per heavy atom. The Kier molecular flexibility index (Phi) is 7.10. The van der Waals surface area contributed by atoms with Crippen molar-refractivity contribution in [2.45, 2.75) is 52.8 Å². The van der Waals surface area contributed by atoms with Crippen LogP contribution in [0.5, 0.6) is 0 Å². The van der Waals surface area contributed by atoms with Crippen molar-refractivity contribution in [3.05, 3.63) is 0 Å². The maximum Gasteiger partial charge on any atom is 0.186 e. The molecule has 0 aliphatic heterocycles. The van der Waals surface area contributed by atoms with Gasteiger partial charge in [-0.2, -0.15) is 0 Å². The van der Waals surface area contributed by atoms with Gasteiger partial charge in [-0.25, -0.2) is 0 Å². The zero-order chi connectivity index (χ0) is 11.9. The van der Waals surface area contributed by atoms with Crippen LogP contribution >= 0.6 is 0 Å². The minimum absolute atomic E-state index is 0.721. The minimum Gasteiger partial charge on any atom is -0.420 e. The zero-order valence-electron chi connectivity index (χ0n) is 11.3. The summed E-state index contributed by atoms with van der Waals surface area (Å²) in [4.78, 5) is 4.58. The summed E-state index contributed by atoms with van der Waals surface area (Å²) in [5.41, 5.74) is 1.29. The average molecular weight is 229 g/mol. The maximum absolute atomic E-state index is 5.50. The van der Waals surface area contributed by atoms with Crippen LogP contribution < -0.4 is 0 Å². The van der Waals surface area contributed by atoms with Crippen molar-refractivity contribution in [2.24, 2.45) is 10.9 Å². The first-order chi connectivity index (χ1) is 6.87. The third kappa shape index (κ3) is 8.82. The van der Waals surface area contributed by atoms with Crippen LogP contribution in [0.4, 0.5) is 0 Å². The molecule has 2 nitrogen and oxygen atoms in total. The Hall–Kier alpha value is -0.153. The van der Waals surface area contributed by atoms with E-state index in [9.17, 15) is 0 Å². The van der Waals surface area contributed by atoms with Crippen LogP contribution in [0.15, 0.2) is 4.99 Å². The van der Waals surface area contributed by atoms with E-state index in [1.54, 1.807) is 0 Å². The molecule has 0 saturated carbocycles. The van der Waals surface area contributed by atoms with Crippen LogP contribution in [0.2, 0.25) is 19.1 Å². The molecule has 0 fully saturated rings. The summed E-state index contributed by atoms with van der Waals surface area (Å²) in [7, 11) is 0.482. The van der Waals surface area contributed by atoms with E-state index in [1.165, 1.54) is 18.2 Å². The van der Waals surface area contributed by atoms with Gasteiger partial charge in [-0.3, -0.25) is 4.99 Å². The van der Waals surface area contributed by atoms with E-state index in [1.807, 2.05) is 7.11 Å². The van der Waals surface area contributed by atoms with Gasteiger partial charge in [-0.15, -0.1) is 0 Å². The lowest BCUT2D eigenvalue weighted by Gasteiger charge is -2.18. The molecule has 3 heteroatoms. The van der Waals surface area contributed by atoms with Gasteiger partial charge < -0.3 is 4.43 Å². The molecule has 0 rings (SSSR count). The topological polar surface area (TPSA) is 21.6 Å². The molecular formula is C12H27NOSi. The Morgan fingerprint density at radius 1 is 1.33 bits per heavy atom. The third-order valence-electron chi connectivity index (χ3n) is 2.57. The number of hydrogen-bond acceptors (Lipinski definition) is 2.